The highest BCUT2D eigenvalue weighted by Gasteiger charge is 2.29. The molecule has 0 aliphatic carbocycles. The standard InChI is InChI=1S/2C22H32N2O4/c2*1-3-27-21(25)17-15-20(24-13-9-6-10-14-24)18(22(26)28-4-2)16-19(17)23-11-7-5-8-12-23/h2*15-16H,3-14H2,1-2H3. The lowest BCUT2D eigenvalue weighted by atomic mass is 10.0. The van der Waals surface area contributed by atoms with Crippen molar-refractivity contribution in [1.29, 1.82) is 0 Å². The van der Waals surface area contributed by atoms with Crippen molar-refractivity contribution in [3.8, 4) is 0 Å². The van der Waals surface area contributed by atoms with Gasteiger partial charge in [0, 0.05) is 52.4 Å². The van der Waals surface area contributed by atoms with E-state index in [2.05, 4.69) is 19.6 Å². The van der Waals surface area contributed by atoms with E-state index in [9.17, 15) is 19.2 Å². The molecule has 4 aliphatic heterocycles. The van der Waals surface area contributed by atoms with Crippen LogP contribution in [0.15, 0.2) is 24.3 Å². The van der Waals surface area contributed by atoms with Gasteiger partial charge in [-0.1, -0.05) is 0 Å². The molecule has 0 aromatic heterocycles. The summed E-state index contributed by atoms with van der Waals surface area (Å²) in [6.45, 7) is 15.7. The van der Waals surface area contributed by atoms with Crippen molar-refractivity contribution in [1.82, 2.24) is 0 Å². The van der Waals surface area contributed by atoms with Gasteiger partial charge in [-0.15, -0.1) is 0 Å². The Labute approximate surface area is 333 Å². The average molecular weight is 777 g/mol. The summed E-state index contributed by atoms with van der Waals surface area (Å²) in [7, 11) is 0. The first-order valence-electron chi connectivity index (χ1n) is 21.3. The minimum atomic E-state index is -0.322. The van der Waals surface area contributed by atoms with Crippen LogP contribution in [-0.2, 0) is 18.9 Å². The number of benzene rings is 2. The fourth-order valence-electron chi connectivity index (χ4n) is 8.23. The summed E-state index contributed by atoms with van der Waals surface area (Å²) < 4.78 is 21.4. The van der Waals surface area contributed by atoms with Crippen LogP contribution in [0.1, 0.15) is 146 Å². The predicted molar refractivity (Wildman–Crippen MR) is 221 cm³/mol. The summed E-state index contributed by atoms with van der Waals surface area (Å²) in [5, 5.41) is 0. The molecule has 12 nitrogen and oxygen atoms in total. The van der Waals surface area contributed by atoms with E-state index in [4.69, 9.17) is 18.9 Å². The second kappa shape index (κ2) is 21.7. The minimum absolute atomic E-state index is 0.322. The maximum atomic E-state index is 12.8. The maximum absolute atomic E-state index is 12.8. The fourth-order valence-corrected chi connectivity index (χ4v) is 8.23. The zero-order valence-corrected chi connectivity index (χ0v) is 34.3. The van der Waals surface area contributed by atoms with Crippen LogP contribution in [0.4, 0.5) is 22.7 Å². The molecule has 2 aromatic carbocycles. The molecule has 0 unspecified atom stereocenters. The third-order valence-electron chi connectivity index (χ3n) is 11.0. The van der Waals surface area contributed by atoms with Crippen molar-refractivity contribution < 1.29 is 38.1 Å². The highest BCUT2D eigenvalue weighted by molar-refractivity contribution is 6.05. The van der Waals surface area contributed by atoms with Crippen molar-refractivity contribution >= 4 is 46.6 Å². The molecule has 6 rings (SSSR count). The van der Waals surface area contributed by atoms with E-state index in [-0.39, 0.29) is 23.9 Å². The van der Waals surface area contributed by atoms with E-state index >= 15 is 0 Å². The first kappa shape index (κ1) is 42.7. The van der Waals surface area contributed by atoms with E-state index in [1.54, 1.807) is 0 Å². The number of ether oxygens (including phenoxy) is 4. The lowest BCUT2D eigenvalue weighted by Crippen LogP contribution is -2.34. The van der Waals surface area contributed by atoms with Gasteiger partial charge in [0.1, 0.15) is 0 Å². The quantitative estimate of drug-likeness (QED) is 0.153. The number of nitrogens with zero attached hydrogens (tertiary/aromatic N) is 4. The van der Waals surface area contributed by atoms with Crippen LogP contribution in [0.3, 0.4) is 0 Å². The van der Waals surface area contributed by atoms with Crippen LogP contribution in [0.5, 0.6) is 0 Å². The molecule has 0 amide bonds. The summed E-state index contributed by atoms with van der Waals surface area (Å²) >= 11 is 0. The molecule has 308 valence electrons. The number of piperidine rings is 4. The smallest absolute Gasteiger partial charge is 0.340 e. The van der Waals surface area contributed by atoms with Gasteiger partial charge in [-0.2, -0.15) is 0 Å². The highest BCUT2D eigenvalue weighted by atomic mass is 16.5. The molecule has 4 saturated heterocycles. The molecule has 4 heterocycles. The fraction of sp³-hybridized carbons (Fsp3) is 0.636. The summed E-state index contributed by atoms with van der Waals surface area (Å²) in [5.74, 6) is -1.29. The largest absolute Gasteiger partial charge is 0.462 e. The van der Waals surface area contributed by atoms with Crippen LogP contribution in [0.25, 0.3) is 0 Å². The topological polar surface area (TPSA) is 118 Å². The molecule has 12 heteroatoms. The number of hydrogen-bond acceptors (Lipinski definition) is 12. The van der Waals surface area contributed by atoms with Crippen LogP contribution in [0.2, 0.25) is 0 Å². The third-order valence-corrected chi connectivity index (χ3v) is 11.0. The molecule has 4 fully saturated rings. The number of hydrogen-bond donors (Lipinski definition) is 0. The summed E-state index contributed by atoms with van der Waals surface area (Å²) in [6, 6.07) is 7.44. The maximum Gasteiger partial charge on any atom is 0.340 e. The summed E-state index contributed by atoms with van der Waals surface area (Å²) in [6.07, 6.45) is 13.5. The molecule has 0 atom stereocenters. The first-order valence-corrected chi connectivity index (χ1v) is 21.3. The van der Waals surface area contributed by atoms with Crippen molar-refractivity contribution in [2.45, 2.75) is 105 Å². The first-order chi connectivity index (χ1) is 27.3. The van der Waals surface area contributed by atoms with Gasteiger partial charge in [0.25, 0.3) is 0 Å². The minimum Gasteiger partial charge on any atom is -0.462 e. The average Bonchev–Trinajstić information content (AvgIpc) is 3.24. The molecule has 4 aliphatic rings. The van der Waals surface area contributed by atoms with Gasteiger partial charge in [-0.25, -0.2) is 19.2 Å². The number of carbonyl (C=O) groups is 4. The Morgan fingerprint density at radius 3 is 0.696 bits per heavy atom. The second-order valence-corrected chi connectivity index (χ2v) is 14.8. The van der Waals surface area contributed by atoms with Crippen molar-refractivity contribution in [3.05, 3.63) is 46.5 Å². The van der Waals surface area contributed by atoms with E-state index in [1.165, 1.54) is 25.7 Å². The number of anilines is 4. The SMILES string of the molecule is CCOC(=O)c1cc(N2CCCCC2)c(C(=O)OCC)cc1N1CCCCC1.CCOC(=O)c1cc(N2CCCCC2)c(C(=O)OCC)cc1N1CCCCC1. The monoisotopic (exact) mass is 776 g/mol. The van der Waals surface area contributed by atoms with Crippen LogP contribution in [-0.4, -0.2) is 103 Å². The Bertz CT molecular complexity index is 1380. The van der Waals surface area contributed by atoms with E-state index < -0.39 is 0 Å². The molecule has 56 heavy (non-hydrogen) atoms. The van der Waals surface area contributed by atoms with Gasteiger partial charge < -0.3 is 38.5 Å². The van der Waals surface area contributed by atoms with Crippen LogP contribution >= 0.6 is 0 Å². The van der Waals surface area contributed by atoms with Gasteiger partial charge in [0.05, 0.1) is 71.4 Å². The second-order valence-electron chi connectivity index (χ2n) is 14.8. The van der Waals surface area contributed by atoms with Crippen LogP contribution in [0, 0.1) is 0 Å². The van der Waals surface area contributed by atoms with E-state index in [1.807, 2.05) is 52.0 Å². The van der Waals surface area contributed by atoms with Gasteiger partial charge in [0.15, 0.2) is 0 Å². The Kier molecular flexibility index (Phi) is 16.5. The van der Waals surface area contributed by atoms with Gasteiger partial charge in [-0.3, -0.25) is 0 Å². The van der Waals surface area contributed by atoms with Crippen molar-refractivity contribution in [2.24, 2.45) is 0 Å². The normalized spacial score (nSPS) is 17.4. The number of carbonyl (C=O) groups excluding carboxylic acids is 4. The van der Waals surface area contributed by atoms with Crippen LogP contribution < -0.4 is 19.6 Å². The van der Waals surface area contributed by atoms with E-state index in [0.717, 1.165) is 126 Å². The lowest BCUT2D eigenvalue weighted by molar-refractivity contribution is 0.0512. The van der Waals surface area contributed by atoms with Gasteiger partial charge in [0.2, 0.25) is 0 Å². The number of esters is 4. The number of rotatable bonds is 12. The Morgan fingerprint density at radius 2 is 0.536 bits per heavy atom. The van der Waals surface area contributed by atoms with Gasteiger partial charge >= 0.3 is 23.9 Å². The molecule has 0 radical (unpaired) electrons. The van der Waals surface area contributed by atoms with E-state index in [0.29, 0.717) is 48.7 Å². The molecule has 2 aromatic rings. The lowest BCUT2D eigenvalue weighted by Gasteiger charge is -2.34. The molecular formula is C44H64N4O8. The zero-order valence-electron chi connectivity index (χ0n) is 34.3. The molecular weight excluding hydrogens is 713 g/mol. The zero-order chi connectivity index (χ0) is 39.9. The predicted octanol–water partition coefficient (Wildman–Crippen LogP) is 8.04. The highest BCUT2D eigenvalue weighted by Crippen LogP contribution is 2.36. The Morgan fingerprint density at radius 1 is 0.357 bits per heavy atom. The molecule has 0 bridgehead atoms. The Balaban J connectivity index is 0.000000214. The van der Waals surface area contributed by atoms with Crippen molar-refractivity contribution in [3.63, 3.8) is 0 Å². The molecule has 0 spiro atoms. The van der Waals surface area contributed by atoms with Crippen molar-refractivity contribution in [2.75, 3.05) is 98.4 Å². The van der Waals surface area contributed by atoms with Gasteiger partial charge in [-0.05, 0) is 129 Å². The third kappa shape index (κ3) is 10.9. The summed E-state index contributed by atoms with van der Waals surface area (Å²) in [5.41, 5.74) is 5.39. The summed E-state index contributed by atoms with van der Waals surface area (Å²) in [4.78, 5) is 59.9. The molecule has 0 N–H and O–H groups in total. The Hall–Kier alpha value is -4.48. The molecule has 0 saturated carbocycles.